The van der Waals surface area contributed by atoms with Crippen molar-refractivity contribution in [3.8, 4) is 0 Å². The molecular formula is C12H17IN2O2. The third kappa shape index (κ3) is 3.55. The molecule has 94 valence electrons. The van der Waals surface area contributed by atoms with Gasteiger partial charge in [0.1, 0.15) is 0 Å². The van der Waals surface area contributed by atoms with E-state index in [1.165, 1.54) is 0 Å². The van der Waals surface area contributed by atoms with E-state index in [4.69, 9.17) is 0 Å². The van der Waals surface area contributed by atoms with Gasteiger partial charge in [0.2, 0.25) is 0 Å². The smallest absolute Gasteiger partial charge is 0.282 e. The van der Waals surface area contributed by atoms with Gasteiger partial charge in [-0.2, -0.15) is 0 Å². The molecule has 0 bridgehead atoms. The van der Waals surface area contributed by atoms with E-state index in [9.17, 15) is 10.1 Å². The van der Waals surface area contributed by atoms with E-state index in [-0.39, 0.29) is 10.6 Å². The molecule has 4 nitrogen and oxygen atoms in total. The highest BCUT2D eigenvalue weighted by atomic mass is 127. The molecule has 0 heterocycles. The first-order valence-electron chi connectivity index (χ1n) is 5.68. The quantitative estimate of drug-likeness (QED) is 0.462. The van der Waals surface area contributed by atoms with Crippen LogP contribution in [0.25, 0.3) is 0 Å². The summed E-state index contributed by atoms with van der Waals surface area (Å²) >= 11 is 2.02. The summed E-state index contributed by atoms with van der Waals surface area (Å²) < 4.78 is 0.687. The number of nitro groups is 1. The van der Waals surface area contributed by atoms with Crippen LogP contribution >= 0.6 is 22.6 Å². The molecule has 0 saturated carbocycles. The number of nitrogens with zero attached hydrogens (tertiary/aromatic N) is 2. The maximum absolute atomic E-state index is 10.7. The first kappa shape index (κ1) is 14.2. The Labute approximate surface area is 115 Å². The molecule has 0 fully saturated rings. The Morgan fingerprint density at radius 3 is 2.53 bits per heavy atom. The molecule has 0 aliphatic carbocycles. The third-order valence-corrected chi connectivity index (χ3v) is 3.41. The van der Waals surface area contributed by atoms with Crippen LogP contribution in [0.2, 0.25) is 0 Å². The fourth-order valence-electron chi connectivity index (χ4n) is 1.75. The predicted molar refractivity (Wildman–Crippen MR) is 78.6 cm³/mol. The normalized spacial score (nSPS) is 10.6. The molecule has 0 amide bonds. The van der Waals surface area contributed by atoms with Gasteiger partial charge < -0.3 is 4.90 Å². The molecule has 0 N–H and O–H groups in total. The molecule has 1 rings (SSSR count). The lowest BCUT2D eigenvalue weighted by Crippen LogP contribution is -2.31. The Hall–Kier alpha value is -0.850. The lowest BCUT2D eigenvalue weighted by molar-refractivity contribution is -0.385. The number of hydrogen-bond donors (Lipinski definition) is 0. The number of benzene rings is 1. The Bertz CT molecular complexity index is 407. The van der Waals surface area contributed by atoms with Crippen molar-refractivity contribution < 1.29 is 4.92 Å². The SMILES string of the molecule is CCCN(c1ccc([N+](=O)[O-])c(I)c1)C(C)C. The van der Waals surface area contributed by atoms with E-state index in [1.54, 1.807) is 6.07 Å². The standard InChI is InChI=1S/C12H17IN2O2/c1-4-7-14(9(2)3)10-5-6-12(15(16)17)11(13)8-10/h5-6,8-9H,4,7H2,1-3H3. The maximum atomic E-state index is 10.7. The Morgan fingerprint density at radius 2 is 2.12 bits per heavy atom. The fourth-order valence-corrected chi connectivity index (χ4v) is 2.44. The number of halogens is 1. The van der Waals surface area contributed by atoms with Crippen molar-refractivity contribution >= 4 is 34.0 Å². The van der Waals surface area contributed by atoms with E-state index >= 15 is 0 Å². The maximum Gasteiger partial charge on any atom is 0.282 e. The molecule has 0 atom stereocenters. The van der Waals surface area contributed by atoms with Crippen LogP contribution in [0.4, 0.5) is 11.4 Å². The van der Waals surface area contributed by atoms with Crippen molar-refractivity contribution in [2.45, 2.75) is 33.2 Å². The minimum absolute atomic E-state index is 0.176. The first-order chi connectivity index (χ1) is 7.97. The highest BCUT2D eigenvalue weighted by Crippen LogP contribution is 2.27. The summed E-state index contributed by atoms with van der Waals surface area (Å²) in [6.45, 7) is 7.35. The van der Waals surface area contributed by atoms with Crippen LogP contribution in [0, 0.1) is 13.7 Å². The second-order valence-corrected chi connectivity index (χ2v) is 5.34. The van der Waals surface area contributed by atoms with E-state index < -0.39 is 0 Å². The number of hydrogen-bond acceptors (Lipinski definition) is 3. The average molecular weight is 348 g/mol. The Kier molecular flexibility index (Phi) is 5.17. The van der Waals surface area contributed by atoms with Crippen molar-refractivity contribution in [3.63, 3.8) is 0 Å². The van der Waals surface area contributed by atoms with E-state index in [0.29, 0.717) is 9.61 Å². The summed E-state index contributed by atoms with van der Waals surface area (Å²) in [6, 6.07) is 5.69. The van der Waals surface area contributed by atoms with Crippen LogP contribution in [-0.4, -0.2) is 17.5 Å². The summed E-state index contributed by atoms with van der Waals surface area (Å²) in [7, 11) is 0. The third-order valence-electron chi connectivity index (χ3n) is 2.55. The van der Waals surface area contributed by atoms with Gasteiger partial charge in [-0.05, 0) is 55.0 Å². The number of anilines is 1. The molecule has 0 radical (unpaired) electrons. The summed E-state index contributed by atoms with van der Waals surface area (Å²) in [6.07, 6.45) is 1.06. The second-order valence-electron chi connectivity index (χ2n) is 4.18. The van der Waals surface area contributed by atoms with Crippen LogP contribution in [0.1, 0.15) is 27.2 Å². The fraction of sp³-hybridized carbons (Fsp3) is 0.500. The van der Waals surface area contributed by atoms with Crippen molar-refractivity contribution in [2.24, 2.45) is 0 Å². The largest absolute Gasteiger partial charge is 0.369 e. The van der Waals surface area contributed by atoms with Gasteiger partial charge in [-0.1, -0.05) is 6.92 Å². The molecule has 1 aromatic carbocycles. The molecule has 0 saturated heterocycles. The van der Waals surface area contributed by atoms with Gasteiger partial charge >= 0.3 is 0 Å². The van der Waals surface area contributed by atoms with E-state index in [1.807, 2.05) is 34.7 Å². The zero-order chi connectivity index (χ0) is 13.0. The van der Waals surface area contributed by atoms with E-state index in [0.717, 1.165) is 18.7 Å². The molecule has 0 aliphatic rings. The highest BCUT2D eigenvalue weighted by molar-refractivity contribution is 14.1. The zero-order valence-electron chi connectivity index (χ0n) is 10.3. The van der Waals surface area contributed by atoms with Gasteiger partial charge in [0.25, 0.3) is 5.69 Å². The lowest BCUT2D eigenvalue weighted by Gasteiger charge is -2.28. The zero-order valence-corrected chi connectivity index (χ0v) is 12.5. The summed E-state index contributed by atoms with van der Waals surface area (Å²) in [5.74, 6) is 0. The minimum atomic E-state index is -0.342. The lowest BCUT2D eigenvalue weighted by atomic mass is 10.2. The molecule has 17 heavy (non-hydrogen) atoms. The first-order valence-corrected chi connectivity index (χ1v) is 6.75. The summed E-state index contributed by atoms with van der Waals surface area (Å²) in [5.41, 5.74) is 1.23. The summed E-state index contributed by atoms with van der Waals surface area (Å²) in [5, 5.41) is 10.7. The number of rotatable bonds is 5. The van der Waals surface area contributed by atoms with Gasteiger partial charge in [0.15, 0.2) is 0 Å². The highest BCUT2D eigenvalue weighted by Gasteiger charge is 2.15. The molecular weight excluding hydrogens is 331 g/mol. The predicted octanol–water partition coefficient (Wildman–Crippen LogP) is 3.82. The van der Waals surface area contributed by atoms with Crippen LogP contribution in [0.3, 0.4) is 0 Å². The summed E-state index contributed by atoms with van der Waals surface area (Å²) in [4.78, 5) is 12.7. The molecule has 0 aromatic heterocycles. The average Bonchev–Trinajstić information content (AvgIpc) is 2.24. The van der Waals surface area contributed by atoms with Gasteiger partial charge in [-0.3, -0.25) is 10.1 Å². The van der Waals surface area contributed by atoms with Crippen LogP contribution in [-0.2, 0) is 0 Å². The van der Waals surface area contributed by atoms with Crippen molar-refractivity contribution in [1.82, 2.24) is 0 Å². The van der Waals surface area contributed by atoms with Gasteiger partial charge in [-0.25, -0.2) is 0 Å². The molecule has 0 unspecified atom stereocenters. The van der Waals surface area contributed by atoms with Crippen LogP contribution < -0.4 is 4.90 Å². The minimum Gasteiger partial charge on any atom is -0.369 e. The van der Waals surface area contributed by atoms with Gasteiger partial charge in [0, 0.05) is 24.3 Å². The van der Waals surface area contributed by atoms with Gasteiger partial charge in [0.05, 0.1) is 8.49 Å². The van der Waals surface area contributed by atoms with Crippen molar-refractivity contribution in [2.75, 3.05) is 11.4 Å². The van der Waals surface area contributed by atoms with Crippen LogP contribution in [0.5, 0.6) is 0 Å². The Balaban J connectivity index is 3.06. The van der Waals surface area contributed by atoms with Gasteiger partial charge in [-0.15, -0.1) is 0 Å². The second kappa shape index (κ2) is 6.18. The van der Waals surface area contributed by atoms with Crippen molar-refractivity contribution in [1.29, 1.82) is 0 Å². The molecule has 0 aliphatic heterocycles. The van der Waals surface area contributed by atoms with Crippen LogP contribution in [0.15, 0.2) is 18.2 Å². The molecule has 1 aromatic rings. The molecule has 5 heteroatoms. The topological polar surface area (TPSA) is 46.4 Å². The van der Waals surface area contributed by atoms with E-state index in [2.05, 4.69) is 25.7 Å². The monoisotopic (exact) mass is 348 g/mol. The molecule has 0 spiro atoms. The number of nitro benzene ring substituents is 1. The Morgan fingerprint density at radius 1 is 1.47 bits per heavy atom. The van der Waals surface area contributed by atoms with Crippen molar-refractivity contribution in [3.05, 3.63) is 31.9 Å².